The maximum Gasteiger partial charge on any atom is 0.432 e. The minimum absolute atomic E-state index is 0.0151. The van der Waals surface area contributed by atoms with Crippen molar-refractivity contribution in [2.45, 2.75) is 6.18 Å². The van der Waals surface area contributed by atoms with Gasteiger partial charge in [-0.25, -0.2) is 4.79 Å². The Morgan fingerprint density at radius 1 is 1.30 bits per heavy atom. The number of ether oxygens (including phenoxy) is 1. The highest BCUT2D eigenvalue weighted by atomic mass is 19.4. The molecule has 0 aliphatic heterocycles. The van der Waals surface area contributed by atoms with Gasteiger partial charge in [0.2, 0.25) is 0 Å². The third kappa shape index (κ3) is 2.73. The van der Waals surface area contributed by atoms with Gasteiger partial charge in [0.25, 0.3) is 0 Å². The highest BCUT2D eigenvalue weighted by molar-refractivity contribution is 5.90. The predicted molar refractivity (Wildman–Crippen MR) is 62.5 cm³/mol. The van der Waals surface area contributed by atoms with Crippen molar-refractivity contribution in [3.05, 3.63) is 35.5 Å². The van der Waals surface area contributed by atoms with Gasteiger partial charge in [-0.15, -0.1) is 0 Å². The molecular weight excluding hydrogens is 277 g/mol. The van der Waals surface area contributed by atoms with Crippen LogP contribution in [0.2, 0.25) is 0 Å². The second-order valence-corrected chi connectivity index (χ2v) is 3.92. The van der Waals surface area contributed by atoms with E-state index in [-0.39, 0.29) is 22.6 Å². The molecule has 0 spiro atoms. The summed E-state index contributed by atoms with van der Waals surface area (Å²) in [6, 6.07) is 4.70. The van der Waals surface area contributed by atoms with E-state index in [0.717, 1.165) is 6.07 Å². The van der Waals surface area contributed by atoms with Crippen molar-refractivity contribution >= 4 is 5.97 Å². The fourth-order valence-electron chi connectivity index (χ4n) is 1.60. The number of H-pyrrole nitrogens is 1. The molecule has 106 valence electrons. The Kier molecular flexibility index (Phi) is 3.39. The molecule has 20 heavy (non-hydrogen) atoms. The summed E-state index contributed by atoms with van der Waals surface area (Å²) in [5.74, 6) is -0.992. The third-order valence-corrected chi connectivity index (χ3v) is 2.57. The minimum atomic E-state index is -4.54. The summed E-state index contributed by atoms with van der Waals surface area (Å²) in [4.78, 5) is 11.0. The monoisotopic (exact) mass is 286 g/mol. The lowest BCUT2D eigenvalue weighted by Crippen LogP contribution is -2.04. The number of nitrogens with zero attached hydrogens (tertiary/aromatic N) is 1. The molecule has 1 aromatic heterocycles. The SMILES string of the molecule is COc1cc(C(=O)O)cc(-c2cc(C(F)(F)F)[nH]n2)c1. The molecule has 2 rings (SSSR count). The number of alkyl halides is 3. The van der Waals surface area contributed by atoms with Gasteiger partial charge in [0.15, 0.2) is 0 Å². The van der Waals surface area contributed by atoms with E-state index in [0.29, 0.717) is 0 Å². The molecule has 0 aliphatic carbocycles. The first kappa shape index (κ1) is 13.9. The van der Waals surface area contributed by atoms with Gasteiger partial charge in [-0.05, 0) is 24.3 Å². The summed E-state index contributed by atoms with van der Waals surface area (Å²) in [6.45, 7) is 0. The number of halogens is 3. The average molecular weight is 286 g/mol. The van der Waals surface area contributed by atoms with Gasteiger partial charge in [-0.2, -0.15) is 18.3 Å². The zero-order valence-corrected chi connectivity index (χ0v) is 10.2. The molecule has 8 heteroatoms. The van der Waals surface area contributed by atoms with E-state index < -0.39 is 17.8 Å². The molecule has 0 fully saturated rings. The molecule has 0 aliphatic rings. The first-order chi connectivity index (χ1) is 9.31. The predicted octanol–water partition coefficient (Wildman–Crippen LogP) is 2.80. The third-order valence-electron chi connectivity index (χ3n) is 2.57. The largest absolute Gasteiger partial charge is 0.497 e. The quantitative estimate of drug-likeness (QED) is 0.909. The first-order valence-corrected chi connectivity index (χ1v) is 5.36. The fraction of sp³-hybridized carbons (Fsp3) is 0.167. The van der Waals surface area contributed by atoms with Crippen molar-refractivity contribution in [1.29, 1.82) is 0 Å². The van der Waals surface area contributed by atoms with Crippen molar-refractivity contribution in [3.8, 4) is 17.0 Å². The standard InChI is InChI=1S/C12H9F3N2O3/c1-20-8-3-6(2-7(4-8)11(18)19)9-5-10(17-16-9)12(13,14)15/h2-5H,1H3,(H,16,17)(H,18,19). The number of carbonyl (C=O) groups is 1. The second kappa shape index (κ2) is 4.87. The summed E-state index contributed by atoms with van der Waals surface area (Å²) < 4.78 is 42.4. The van der Waals surface area contributed by atoms with Crippen LogP contribution in [0, 0.1) is 0 Å². The van der Waals surface area contributed by atoms with Crippen LogP contribution in [0.3, 0.4) is 0 Å². The molecule has 5 nitrogen and oxygen atoms in total. The number of aromatic amines is 1. The molecule has 1 aromatic carbocycles. The van der Waals surface area contributed by atoms with Gasteiger partial charge in [0, 0.05) is 5.56 Å². The number of aromatic nitrogens is 2. The molecular formula is C12H9F3N2O3. The van der Waals surface area contributed by atoms with Crippen molar-refractivity contribution < 1.29 is 27.8 Å². The lowest BCUT2D eigenvalue weighted by molar-refractivity contribution is -0.141. The second-order valence-electron chi connectivity index (χ2n) is 3.92. The Bertz CT molecular complexity index is 650. The zero-order chi connectivity index (χ0) is 14.9. The Balaban J connectivity index is 2.49. The maximum absolute atomic E-state index is 12.5. The number of carboxylic acids is 1. The molecule has 0 saturated heterocycles. The van der Waals surface area contributed by atoms with Crippen LogP contribution in [0.1, 0.15) is 16.1 Å². The van der Waals surface area contributed by atoms with Crippen LogP contribution >= 0.6 is 0 Å². The van der Waals surface area contributed by atoms with Gasteiger partial charge in [0.1, 0.15) is 11.4 Å². The smallest absolute Gasteiger partial charge is 0.432 e. The van der Waals surface area contributed by atoms with E-state index in [4.69, 9.17) is 9.84 Å². The van der Waals surface area contributed by atoms with Gasteiger partial charge in [-0.3, -0.25) is 5.10 Å². The lowest BCUT2D eigenvalue weighted by Gasteiger charge is -2.05. The van der Waals surface area contributed by atoms with Crippen molar-refractivity contribution in [1.82, 2.24) is 10.2 Å². The molecule has 0 amide bonds. The number of methoxy groups -OCH3 is 1. The Morgan fingerprint density at radius 2 is 2.00 bits per heavy atom. The normalized spacial score (nSPS) is 11.4. The van der Waals surface area contributed by atoms with E-state index >= 15 is 0 Å². The summed E-state index contributed by atoms with van der Waals surface area (Å²) in [5, 5.41) is 14.3. The molecule has 2 aromatic rings. The number of benzene rings is 1. The Hall–Kier alpha value is -2.51. The lowest BCUT2D eigenvalue weighted by atomic mass is 10.1. The highest BCUT2D eigenvalue weighted by Gasteiger charge is 2.33. The molecule has 0 saturated carbocycles. The van der Waals surface area contributed by atoms with Crippen molar-refractivity contribution in [3.63, 3.8) is 0 Å². The van der Waals surface area contributed by atoms with Crippen LogP contribution in [0.5, 0.6) is 5.75 Å². The van der Waals surface area contributed by atoms with Crippen LogP contribution in [0.15, 0.2) is 24.3 Å². The van der Waals surface area contributed by atoms with Crippen LogP contribution in [0.4, 0.5) is 13.2 Å². The number of hydrogen-bond acceptors (Lipinski definition) is 3. The molecule has 0 radical (unpaired) electrons. The molecule has 0 unspecified atom stereocenters. The molecule has 0 bridgehead atoms. The van der Waals surface area contributed by atoms with Gasteiger partial charge in [0.05, 0.1) is 18.4 Å². The van der Waals surface area contributed by atoms with Crippen LogP contribution in [0.25, 0.3) is 11.3 Å². The summed E-state index contributed by atoms with van der Waals surface area (Å²) >= 11 is 0. The van der Waals surface area contributed by atoms with Crippen molar-refractivity contribution in [2.24, 2.45) is 0 Å². The summed E-state index contributed by atoms with van der Waals surface area (Å²) in [6.07, 6.45) is -4.54. The summed E-state index contributed by atoms with van der Waals surface area (Å²) in [5.41, 5.74) is -0.907. The van der Waals surface area contributed by atoms with Crippen molar-refractivity contribution in [2.75, 3.05) is 7.11 Å². The van der Waals surface area contributed by atoms with Gasteiger partial charge >= 0.3 is 12.1 Å². The number of carboxylic acid groups (broad SMARTS) is 1. The highest BCUT2D eigenvalue weighted by Crippen LogP contribution is 2.31. The van der Waals surface area contributed by atoms with E-state index in [2.05, 4.69) is 5.10 Å². The maximum atomic E-state index is 12.5. The van der Waals surface area contributed by atoms with Crippen LogP contribution in [-0.4, -0.2) is 28.4 Å². The van der Waals surface area contributed by atoms with Gasteiger partial charge < -0.3 is 9.84 Å². The van der Waals surface area contributed by atoms with E-state index in [1.165, 1.54) is 25.3 Å². The van der Waals surface area contributed by atoms with Crippen LogP contribution < -0.4 is 4.74 Å². The number of hydrogen-bond donors (Lipinski definition) is 2. The number of rotatable bonds is 3. The van der Waals surface area contributed by atoms with Gasteiger partial charge in [-0.1, -0.05) is 0 Å². The fourth-order valence-corrected chi connectivity index (χ4v) is 1.60. The molecule has 1 heterocycles. The number of aromatic carboxylic acids is 1. The Morgan fingerprint density at radius 3 is 2.50 bits per heavy atom. The van der Waals surface area contributed by atoms with E-state index in [1.807, 2.05) is 5.10 Å². The topological polar surface area (TPSA) is 75.2 Å². The number of nitrogens with one attached hydrogen (secondary N) is 1. The molecule has 2 N–H and O–H groups in total. The zero-order valence-electron chi connectivity index (χ0n) is 10.2. The van der Waals surface area contributed by atoms with E-state index in [9.17, 15) is 18.0 Å². The Labute approximate surface area is 111 Å². The average Bonchev–Trinajstić information content (AvgIpc) is 2.87. The van der Waals surface area contributed by atoms with Crippen LogP contribution in [-0.2, 0) is 6.18 Å². The minimum Gasteiger partial charge on any atom is -0.497 e. The molecule has 0 atom stereocenters. The summed E-state index contributed by atoms with van der Waals surface area (Å²) in [7, 11) is 1.33. The first-order valence-electron chi connectivity index (χ1n) is 5.36. The van der Waals surface area contributed by atoms with E-state index in [1.54, 1.807) is 0 Å².